The van der Waals surface area contributed by atoms with E-state index in [0.717, 1.165) is 5.56 Å². The number of carbonyl (C=O) groups is 1. The highest BCUT2D eigenvalue weighted by Gasteiger charge is 2.10. The van der Waals surface area contributed by atoms with Gasteiger partial charge in [-0.25, -0.2) is 4.68 Å². The lowest BCUT2D eigenvalue weighted by atomic mass is 10.2. The molecule has 0 unspecified atom stereocenters. The third-order valence-electron chi connectivity index (χ3n) is 3.56. The van der Waals surface area contributed by atoms with Gasteiger partial charge in [-0.05, 0) is 28.1 Å². The SMILES string of the molecule is N#Cc1ccccc1NC(=O)CCSc1nnnn1Cc1ccccc1. The summed E-state index contributed by atoms with van der Waals surface area (Å²) in [5, 5.41) is 24.2. The number of nitrogens with zero attached hydrogens (tertiary/aromatic N) is 5. The number of benzene rings is 2. The van der Waals surface area contributed by atoms with Crippen LogP contribution < -0.4 is 5.32 Å². The van der Waals surface area contributed by atoms with Crippen molar-refractivity contribution in [3.63, 3.8) is 0 Å². The minimum atomic E-state index is -0.151. The van der Waals surface area contributed by atoms with Gasteiger partial charge in [-0.3, -0.25) is 4.79 Å². The molecule has 8 heteroatoms. The van der Waals surface area contributed by atoms with Crippen molar-refractivity contribution in [3.05, 3.63) is 65.7 Å². The zero-order chi connectivity index (χ0) is 18.2. The summed E-state index contributed by atoms with van der Waals surface area (Å²) >= 11 is 1.42. The maximum absolute atomic E-state index is 12.1. The fraction of sp³-hybridized carbons (Fsp3) is 0.167. The monoisotopic (exact) mass is 364 g/mol. The fourth-order valence-electron chi connectivity index (χ4n) is 2.29. The van der Waals surface area contributed by atoms with Gasteiger partial charge >= 0.3 is 0 Å². The summed E-state index contributed by atoms with van der Waals surface area (Å²) < 4.78 is 1.71. The maximum atomic E-state index is 12.1. The Bertz CT molecular complexity index is 919. The van der Waals surface area contributed by atoms with E-state index in [1.54, 1.807) is 28.9 Å². The van der Waals surface area contributed by atoms with Gasteiger partial charge in [0, 0.05) is 12.2 Å². The van der Waals surface area contributed by atoms with Crippen molar-refractivity contribution in [2.24, 2.45) is 0 Å². The Morgan fingerprint density at radius 3 is 2.73 bits per heavy atom. The average Bonchev–Trinajstić information content (AvgIpc) is 3.10. The van der Waals surface area contributed by atoms with E-state index in [2.05, 4.69) is 26.9 Å². The van der Waals surface area contributed by atoms with Gasteiger partial charge in [0.05, 0.1) is 17.8 Å². The Kier molecular flexibility index (Phi) is 5.96. The van der Waals surface area contributed by atoms with Crippen LogP contribution >= 0.6 is 11.8 Å². The molecule has 3 rings (SSSR count). The second kappa shape index (κ2) is 8.78. The number of rotatable bonds is 7. The second-order valence-corrected chi connectivity index (χ2v) is 6.47. The van der Waals surface area contributed by atoms with Crippen molar-refractivity contribution >= 4 is 23.4 Å². The molecule has 0 atom stereocenters. The van der Waals surface area contributed by atoms with E-state index < -0.39 is 0 Å². The molecular formula is C18H16N6OS. The Labute approximate surface area is 155 Å². The Hall–Kier alpha value is -3.18. The highest BCUT2D eigenvalue weighted by molar-refractivity contribution is 7.99. The highest BCUT2D eigenvalue weighted by atomic mass is 32.2. The lowest BCUT2D eigenvalue weighted by molar-refractivity contribution is -0.115. The van der Waals surface area contributed by atoms with E-state index in [0.29, 0.717) is 35.1 Å². The van der Waals surface area contributed by atoms with Crippen LogP contribution in [0.15, 0.2) is 59.8 Å². The lowest BCUT2D eigenvalue weighted by Crippen LogP contribution is -2.13. The summed E-state index contributed by atoms with van der Waals surface area (Å²) in [4.78, 5) is 12.1. The number of amides is 1. The number of para-hydroxylation sites is 1. The van der Waals surface area contributed by atoms with Crippen LogP contribution in [0, 0.1) is 11.3 Å². The summed E-state index contributed by atoms with van der Waals surface area (Å²) in [6, 6.07) is 18.9. The van der Waals surface area contributed by atoms with Crippen molar-refractivity contribution in [3.8, 4) is 6.07 Å². The van der Waals surface area contributed by atoms with E-state index in [-0.39, 0.29) is 5.91 Å². The summed E-state index contributed by atoms with van der Waals surface area (Å²) in [7, 11) is 0. The molecular weight excluding hydrogens is 348 g/mol. The summed E-state index contributed by atoms with van der Waals surface area (Å²) in [6.07, 6.45) is 0.294. The topological polar surface area (TPSA) is 96.5 Å². The molecule has 1 N–H and O–H groups in total. The molecule has 26 heavy (non-hydrogen) atoms. The smallest absolute Gasteiger partial charge is 0.225 e. The van der Waals surface area contributed by atoms with Gasteiger partial charge in [-0.1, -0.05) is 54.2 Å². The molecule has 1 aromatic heterocycles. The van der Waals surface area contributed by atoms with Crippen molar-refractivity contribution in [2.45, 2.75) is 18.1 Å². The Morgan fingerprint density at radius 2 is 1.92 bits per heavy atom. The highest BCUT2D eigenvalue weighted by Crippen LogP contribution is 2.18. The molecule has 2 aromatic carbocycles. The van der Waals surface area contributed by atoms with Crippen LogP contribution in [-0.2, 0) is 11.3 Å². The molecule has 0 bridgehead atoms. The number of nitrogens with one attached hydrogen (secondary N) is 1. The van der Waals surface area contributed by atoms with Crippen LogP contribution in [0.5, 0.6) is 0 Å². The number of tetrazole rings is 1. The fourth-order valence-corrected chi connectivity index (χ4v) is 3.11. The number of aromatic nitrogens is 4. The van der Waals surface area contributed by atoms with Crippen molar-refractivity contribution in [2.75, 3.05) is 11.1 Å². The summed E-state index contributed by atoms with van der Waals surface area (Å²) in [5.41, 5.74) is 2.08. The molecule has 7 nitrogen and oxygen atoms in total. The molecule has 1 amide bonds. The van der Waals surface area contributed by atoms with Crippen LogP contribution in [-0.4, -0.2) is 31.9 Å². The second-order valence-electron chi connectivity index (χ2n) is 5.41. The molecule has 0 aliphatic heterocycles. The maximum Gasteiger partial charge on any atom is 0.225 e. The molecule has 0 saturated carbocycles. The summed E-state index contributed by atoms with van der Waals surface area (Å²) in [6.45, 7) is 0.581. The number of nitriles is 1. The van der Waals surface area contributed by atoms with E-state index >= 15 is 0 Å². The third kappa shape index (κ3) is 4.68. The molecule has 0 aliphatic rings. The Balaban J connectivity index is 1.52. The average molecular weight is 364 g/mol. The molecule has 0 radical (unpaired) electrons. The molecule has 1 heterocycles. The third-order valence-corrected chi connectivity index (χ3v) is 4.51. The van der Waals surface area contributed by atoms with Crippen LogP contribution in [0.1, 0.15) is 17.5 Å². The first-order valence-electron chi connectivity index (χ1n) is 7.98. The molecule has 0 aliphatic carbocycles. The number of thioether (sulfide) groups is 1. The van der Waals surface area contributed by atoms with Crippen molar-refractivity contribution in [1.82, 2.24) is 20.2 Å². The quantitative estimate of drug-likeness (QED) is 0.648. The Morgan fingerprint density at radius 1 is 1.15 bits per heavy atom. The van der Waals surface area contributed by atoms with E-state index in [4.69, 9.17) is 5.26 Å². The molecule has 130 valence electrons. The normalized spacial score (nSPS) is 10.3. The van der Waals surface area contributed by atoms with Crippen molar-refractivity contribution < 1.29 is 4.79 Å². The van der Waals surface area contributed by atoms with Crippen molar-refractivity contribution in [1.29, 1.82) is 5.26 Å². The minimum absolute atomic E-state index is 0.151. The zero-order valence-corrected chi connectivity index (χ0v) is 14.7. The van der Waals surface area contributed by atoms with Gasteiger partial charge < -0.3 is 5.32 Å². The van der Waals surface area contributed by atoms with Crippen LogP contribution in [0.3, 0.4) is 0 Å². The van der Waals surface area contributed by atoms with Gasteiger partial charge in [0.1, 0.15) is 6.07 Å². The minimum Gasteiger partial charge on any atom is -0.325 e. The van der Waals surface area contributed by atoms with Gasteiger partial charge in [0.25, 0.3) is 0 Å². The molecule has 3 aromatic rings. The molecule has 0 saturated heterocycles. The predicted octanol–water partition coefficient (Wildman–Crippen LogP) is 2.71. The first-order valence-corrected chi connectivity index (χ1v) is 8.96. The molecule has 0 fully saturated rings. The van der Waals surface area contributed by atoms with Gasteiger partial charge in [0.2, 0.25) is 11.1 Å². The number of hydrogen-bond donors (Lipinski definition) is 1. The van der Waals surface area contributed by atoms with Crippen LogP contribution in [0.4, 0.5) is 5.69 Å². The zero-order valence-electron chi connectivity index (χ0n) is 13.9. The summed E-state index contributed by atoms with van der Waals surface area (Å²) in [5.74, 6) is 0.387. The van der Waals surface area contributed by atoms with Gasteiger partial charge in [-0.15, -0.1) is 5.10 Å². The first kappa shape index (κ1) is 17.6. The van der Waals surface area contributed by atoms with E-state index in [1.807, 2.05) is 30.3 Å². The van der Waals surface area contributed by atoms with Gasteiger partial charge in [0.15, 0.2) is 0 Å². The predicted molar refractivity (Wildman–Crippen MR) is 98.5 cm³/mol. The largest absolute Gasteiger partial charge is 0.325 e. The van der Waals surface area contributed by atoms with E-state index in [9.17, 15) is 4.79 Å². The van der Waals surface area contributed by atoms with E-state index in [1.165, 1.54) is 11.8 Å². The van der Waals surface area contributed by atoms with Crippen LogP contribution in [0.2, 0.25) is 0 Å². The lowest BCUT2D eigenvalue weighted by Gasteiger charge is -2.07. The molecule has 0 spiro atoms. The van der Waals surface area contributed by atoms with Crippen LogP contribution in [0.25, 0.3) is 0 Å². The number of hydrogen-bond acceptors (Lipinski definition) is 6. The first-order chi connectivity index (χ1) is 12.8. The number of carbonyl (C=O) groups excluding carboxylic acids is 1. The standard InChI is InChI=1S/C18H16N6OS/c19-12-15-8-4-5-9-16(15)20-17(25)10-11-26-18-21-22-23-24(18)13-14-6-2-1-3-7-14/h1-9H,10-11,13H2,(H,20,25). The van der Waals surface area contributed by atoms with Gasteiger partial charge in [-0.2, -0.15) is 5.26 Å². The number of anilines is 1.